The second kappa shape index (κ2) is 6.98. The van der Waals surface area contributed by atoms with Gasteiger partial charge < -0.3 is 14.4 Å². The van der Waals surface area contributed by atoms with Gasteiger partial charge in [0.05, 0.1) is 19.8 Å². The Labute approximate surface area is 114 Å². The van der Waals surface area contributed by atoms with Gasteiger partial charge >= 0.3 is 0 Å². The van der Waals surface area contributed by atoms with Crippen LogP contribution in [0.3, 0.4) is 0 Å². The minimum atomic E-state index is 0.757. The first-order valence-electron chi connectivity index (χ1n) is 6.62. The van der Waals surface area contributed by atoms with Crippen molar-refractivity contribution in [3.05, 3.63) is 28.8 Å². The number of morpholine rings is 1. The molecular formula is C14H21ClNO2+. The van der Waals surface area contributed by atoms with Gasteiger partial charge in [-0.1, -0.05) is 18.5 Å². The third-order valence-electron chi connectivity index (χ3n) is 3.12. The Kier molecular flexibility index (Phi) is 5.29. The predicted molar refractivity (Wildman–Crippen MR) is 72.5 cm³/mol. The van der Waals surface area contributed by atoms with Crippen LogP contribution in [0.15, 0.2) is 18.2 Å². The molecule has 2 rings (SSSR count). The summed E-state index contributed by atoms with van der Waals surface area (Å²) in [5.74, 6) is 0.972. The maximum atomic E-state index is 6.08. The molecule has 0 atom stereocenters. The molecule has 0 bridgehead atoms. The summed E-state index contributed by atoms with van der Waals surface area (Å²) in [6.07, 6.45) is 1.02. The van der Waals surface area contributed by atoms with E-state index in [1.54, 1.807) is 0 Å². The summed E-state index contributed by atoms with van der Waals surface area (Å²) in [5, 5.41) is 0.779. The van der Waals surface area contributed by atoms with E-state index in [1.807, 2.05) is 18.2 Å². The van der Waals surface area contributed by atoms with Crippen molar-refractivity contribution in [1.82, 2.24) is 0 Å². The lowest BCUT2D eigenvalue weighted by molar-refractivity contribution is -0.921. The van der Waals surface area contributed by atoms with Crippen LogP contribution in [0, 0.1) is 0 Å². The van der Waals surface area contributed by atoms with Crippen LogP contribution in [0.4, 0.5) is 0 Å². The third-order valence-corrected chi connectivity index (χ3v) is 3.36. The SMILES string of the molecule is CCCOc1ccc(Cl)cc1C[NH+]1CCOCC1. The van der Waals surface area contributed by atoms with Crippen molar-refractivity contribution >= 4 is 11.6 Å². The first-order chi connectivity index (χ1) is 8.79. The Morgan fingerprint density at radius 1 is 1.33 bits per heavy atom. The fourth-order valence-corrected chi connectivity index (χ4v) is 2.34. The zero-order chi connectivity index (χ0) is 12.8. The standard InChI is InChI=1S/C14H20ClNO2/c1-2-7-18-14-4-3-13(15)10-12(14)11-16-5-8-17-9-6-16/h3-4,10H,2,5-9,11H2,1H3/p+1. The van der Waals surface area contributed by atoms with Crippen LogP contribution < -0.4 is 9.64 Å². The smallest absolute Gasteiger partial charge is 0.128 e. The number of quaternary nitrogens is 1. The van der Waals surface area contributed by atoms with Gasteiger partial charge in [0, 0.05) is 10.6 Å². The summed E-state index contributed by atoms with van der Waals surface area (Å²) in [6, 6.07) is 5.90. The molecule has 1 aromatic rings. The summed E-state index contributed by atoms with van der Waals surface area (Å²) < 4.78 is 11.2. The van der Waals surface area contributed by atoms with Gasteiger partial charge in [0.25, 0.3) is 0 Å². The largest absolute Gasteiger partial charge is 0.493 e. The van der Waals surface area contributed by atoms with E-state index in [1.165, 1.54) is 10.5 Å². The average molecular weight is 271 g/mol. The first-order valence-corrected chi connectivity index (χ1v) is 7.00. The lowest BCUT2D eigenvalue weighted by Crippen LogP contribution is -3.12. The number of nitrogens with one attached hydrogen (secondary N) is 1. The fourth-order valence-electron chi connectivity index (χ4n) is 2.15. The van der Waals surface area contributed by atoms with Gasteiger partial charge in [0.1, 0.15) is 25.4 Å². The number of hydrogen-bond acceptors (Lipinski definition) is 2. The van der Waals surface area contributed by atoms with E-state index in [4.69, 9.17) is 21.1 Å². The minimum absolute atomic E-state index is 0.757. The molecule has 0 saturated carbocycles. The highest BCUT2D eigenvalue weighted by molar-refractivity contribution is 6.30. The second-order valence-corrected chi connectivity index (χ2v) is 5.08. The van der Waals surface area contributed by atoms with Crippen LogP contribution in [0.5, 0.6) is 5.75 Å². The topological polar surface area (TPSA) is 22.9 Å². The summed E-state index contributed by atoms with van der Waals surface area (Å²) in [4.78, 5) is 1.53. The van der Waals surface area contributed by atoms with E-state index in [0.29, 0.717) is 0 Å². The van der Waals surface area contributed by atoms with E-state index < -0.39 is 0 Å². The molecule has 0 aliphatic carbocycles. The molecule has 1 N–H and O–H groups in total. The summed E-state index contributed by atoms with van der Waals surface area (Å²) >= 11 is 6.08. The predicted octanol–water partition coefficient (Wildman–Crippen LogP) is 1.54. The van der Waals surface area contributed by atoms with Crippen molar-refractivity contribution < 1.29 is 14.4 Å². The highest BCUT2D eigenvalue weighted by Crippen LogP contribution is 2.22. The van der Waals surface area contributed by atoms with Crippen molar-refractivity contribution in [3.8, 4) is 5.75 Å². The normalized spacial score (nSPS) is 16.8. The molecule has 0 unspecified atom stereocenters. The molecule has 100 valence electrons. The van der Waals surface area contributed by atoms with Gasteiger partial charge in [-0.3, -0.25) is 0 Å². The molecule has 0 amide bonds. The Morgan fingerprint density at radius 3 is 2.83 bits per heavy atom. The van der Waals surface area contributed by atoms with Crippen LogP contribution >= 0.6 is 11.6 Å². The fraction of sp³-hybridized carbons (Fsp3) is 0.571. The average Bonchev–Trinajstić information content (AvgIpc) is 2.39. The molecule has 0 radical (unpaired) electrons. The van der Waals surface area contributed by atoms with Gasteiger partial charge in [-0.05, 0) is 24.6 Å². The van der Waals surface area contributed by atoms with E-state index in [0.717, 1.165) is 56.6 Å². The van der Waals surface area contributed by atoms with Crippen LogP contribution in [-0.4, -0.2) is 32.9 Å². The van der Waals surface area contributed by atoms with E-state index in [-0.39, 0.29) is 0 Å². The Morgan fingerprint density at radius 2 is 2.11 bits per heavy atom. The van der Waals surface area contributed by atoms with Crippen LogP contribution in [-0.2, 0) is 11.3 Å². The second-order valence-electron chi connectivity index (χ2n) is 4.64. The van der Waals surface area contributed by atoms with Gasteiger partial charge in [-0.2, -0.15) is 0 Å². The lowest BCUT2D eigenvalue weighted by atomic mass is 10.2. The summed E-state index contributed by atoms with van der Waals surface area (Å²) in [7, 11) is 0. The highest BCUT2D eigenvalue weighted by Gasteiger charge is 2.17. The summed E-state index contributed by atoms with van der Waals surface area (Å²) in [6.45, 7) is 7.64. The van der Waals surface area contributed by atoms with Crippen molar-refractivity contribution in [2.24, 2.45) is 0 Å². The molecule has 3 nitrogen and oxygen atoms in total. The number of rotatable bonds is 5. The first kappa shape index (κ1) is 13.7. The molecule has 1 saturated heterocycles. The number of halogens is 1. The molecule has 1 aliphatic rings. The lowest BCUT2D eigenvalue weighted by Gasteiger charge is -2.24. The molecule has 1 aliphatic heterocycles. The quantitative estimate of drug-likeness (QED) is 0.877. The van der Waals surface area contributed by atoms with Gasteiger partial charge in [-0.25, -0.2) is 0 Å². The highest BCUT2D eigenvalue weighted by atomic mass is 35.5. The molecule has 0 aromatic heterocycles. The monoisotopic (exact) mass is 270 g/mol. The van der Waals surface area contributed by atoms with E-state index >= 15 is 0 Å². The van der Waals surface area contributed by atoms with Crippen molar-refractivity contribution in [2.75, 3.05) is 32.9 Å². The van der Waals surface area contributed by atoms with Crippen molar-refractivity contribution in [1.29, 1.82) is 0 Å². The molecule has 1 aromatic carbocycles. The van der Waals surface area contributed by atoms with Crippen molar-refractivity contribution in [2.45, 2.75) is 19.9 Å². The van der Waals surface area contributed by atoms with Gasteiger partial charge in [-0.15, -0.1) is 0 Å². The number of hydrogen-bond donors (Lipinski definition) is 1. The Balaban J connectivity index is 2.05. The van der Waals surface area contributed by atoms with Gasteiger partial charge in [0.2, 0.25) is 0 Å². The minimum Gasteiger partial charge on any atom is -0.493 e. The van der Waals surface area contributed by atoms with E-state index in [9.17, 15) is 0 Å². The maximum Gasteiger partial charge on any atom is 0.128 e. The third kappa shape index (κ3) is 3.87. The maximum absolute atomic E-state index is 6.08. The Hall–Kier alpha value is -0.770. The zero-order valence-electron chi connectivity index (χ0n) is 10.9. The Bertz CT molecular complexity index is 378. The van der Waals surface area contributed by atoms with Crippen LogP contribution in [0.25, 0.3) is 0 Å². The molecule has 1 heterocycles. The van der Waals surface area contributed by atoms with Crippen LogP contribution in [0.1, 0.15) is 18.9 Å². The molecule has 18 heavy (non-hydrogen) atoms. The molecule has 0 spiro atoms. The van der Waals surface area contributed by atoms with Crippen LogP contribution in [0.2, 0.25) is 5.02 Å². The van der Waals surface area contributed by atoms with Gasteiger partial charge in [0.15, 0.2) is 0 Å². The molecule has 1 fully saturated rings. The van der Waals surface area contributed by atoms with E-state index in [2.05, 4.69) is 6.92 Å². The zero-order valence-corrected chi connectivity index (χ0v) is 11.6. The summed E-state index contributed by atoms with van der Waals surface area (Å²) in [5.41, 5.74) is 1.20. The van der Waals surface area contributed by atoms with Crippen molar-refractivity contribution in [3.63, 3.8) is 0 Å². The molecule has 4 heteroatoms. The number of ether oxygens (including phenoxy) is 2. The molecular weight excluding hydrogens is 250 g/mol. The number of benzene rings is 1.